The second-order valence-corrected chi connectivity index (χ2v) is 15.3. The van der Waals surface area contributed by atoms with Crippen molar-refractivity contribution in [2.45, 2.75) is 55.5 Å². The topological polar surface area (TPSA) is 149 Å². The van der Waals surface area contributed by atoms with Crippen molar-refractivity contribution < 1.29 is 53.7 Å². The molecule has 302 valence electrons. The summed E-state index contributed by atoms with van der Waals surface area (Å²) in [7, 11) is 0. The van der Waals surface area contributed by atoms with Crippen molar-refractivity contribution in [3.63, 3.8) is 0 Å². The number of nitrogens with zero attached hydrogens (tertiary/aromatic N) is 6. The molecule has 2 fully saturated rings. The van der Waals surface area contributed by atoms with Gasteiger partial charge in [-0.15, -0.1) is 13.2 Å². The Kier molecular flexibility index (Phi) is 9.67. The van der Waals surface area contributed by atoms with E-state index in [0.29, 0.717) is 24.7 Å². The number of allylic oxidation sites excluding steroid dienone is 5. The van der Waals surface area contributed by atoms with Crippen molar-refractivity contribution >= 4 is 34.3 Å². The number of nitriles is 1. The number of thioether (sulfide) groups is 1. The molecule has 4 N–H and O–H groups in total. The zero-order valence-electron chi connectivity index (χ0n) is 29.4. The van der Waals surface area contributed by atoms with Gasteiger partial charge in [0.25, 0.3) is 0 Å². The predicted molar refractivity (Wildman–Crippen MR) is 187 cm³/mol. The van der Waals surface area contributed by atoms with Crippen molar-refractivity contribution in [3.8, 4) is 17.8 Å². The van der Waals surface area contributed by atoms with Crippen LogP contribution in [0.2, 0.25) is 0 Å². The number of hydrogen-bond donors (Lipinski definition) is 2. The molecule has 5 atom stereocenters. The number of pyridine rings is 1. The second-order valence-electron chi connectivity index (χ2n) is 14.2. The summed E-state index contributed by atoms with van der Waals surface area (Å²) in [6.45, 7) is -1.73. The van der Waals surface area contributed by atoms with Crippen LogP contribution >= 0.6 is 11.8 Å². The highest BCUT2D eigenvalue weighted by molar-refractivity contribution is 8.07. The van der Waals surface area contributed by atoms with Crippen LogP contribution in [0.4, 0.5) is 51.1 Å². The number of nitrogen functional groups attached to an aromatic ring is 1. The van der Waals surface area contributed by atoms with Crippen LogP contribution in [-0.2, 0) is 10.9 Å². The van der Waals surface area contributed by atoms with Crippen molar-refractivity contribution in [1.29, 1.82) is 5.26 Å². The molecule has 3 aromatic rings. The normalized spacial score (nSPS) is 25.4. The highest BCUT2D eigenvalue weighted by Crippen LogP contribution is 2.58. The first kappa shape index (κ1) is 38.9. The van der Waals surface area contributed by atoms with Gasteiger partial charge in [-0.3, -0.25) is 9.64 Å². The van der Waals surface area contributed by atoms with E-state index in [1.54, 1.807) is 0 Å². The molecule has 4 aliphatic heterocycles. The minimum atomic E-state index is -5.38. The number of halogens is 9. The van der Waals surface area contributed by atoms with Gasteiger partial charge in [0.2, 0.25) is 0 Å². The fourth-order valence-electron chi connectivity index (χ4n) is 8.66. The van der Waals surface area contributed by atoms with Gasteiger partial charge in [0.1, 0.15) is 53.7 Å². The Morgan fingerprint density at radius 2 is 1.93 bits per heavy atom. The van der Waals surface area contributed by atoms with E-state index < -0.39 is 113 Å². The second kappa shape index (κ2) is 14.2. The molecule has 6 heterocycles. The third-order valence-electron chi connectivity index (χ3n) is 11.0. The summed E-state index contributed by atoms with van der Waals surface area (Å²) in [6.07, 6.45) is -7.26. The molecule has 0 spiro atoms. The van der Waals surface area contributed by atoms with E-state index in [1.165, 1.54) is 18.3 Å². The smallest absolute Gasteiger partial charge is 0.490 e. The minimum Gasteiger partial charge on any atom is -0.490 e. The Hall–Kier alpha value is -4.94. The van der Waals surface area contributed by atoms with Gasteiger partial charge in [-0.25, -0.2) is 18.2 Å². The minimum absolute atomic E-state index is 0.0335. The number of fused-ring (bicyclic) bond motifs is 2. The molecule has 11 nitrogen and oxygen atoms in total. The molecule has 2 unspecified atom stereocenters. The molecular weight excluding hydrogens is 795 g/mol. The third kappa shape index (κ3) is 6.74. The molecule has 57 heavy (non-hydrogen) atoms. The molecular formula is C36H31F9N8O3S. The number of ether oxygens (including phenoxy) is 3. The molecule has 1 aromatic carbocycles. The molecule has 8 rings (SSSR count). The zero-order valence-corrected chi connectivity index (χ0v) is 30.2. The lowest BCUT2D eigenvalue weighted by Crippen LogP contribution is -2.43. The van der Waals surface area contributed by atoms with Crippen molar-refractivity contribution in [2.24, 2.45) is 11.7 Å². The van der Waals surface area contributed by atoms with Crippen molar-refractivity contribution in [1.82, 2.24) is 19.9 Å². The van der Waals surface area contributed by atoms with Gasteiger partial charge < -0.3 is 25.8 Å². The van der Waals surface area contributed by atoms with E-state index in [-0.39, 0.29) is 46.5 Å². The molecule has 2 saturated heterocycles. The van der Waals surface area contributed by atoms with Crippen LogP contribution in [-0.4, -0.2) is 77.4 Å². The summed E-state index contributed by atoms with van der Waals surface area (Å²) in [5, 5.41) is 9.12. The van der Waals surface area contributed by atoms with Gasteiger partial charge in [-0.1, -0.05) is 23.9 Å². The number of anilines is 2. The van der Waals surface area contributed by atoms with Gasteiger partial charge in [0, 0.05) is 47.0 Å². The van der Waals surface area contributed by atoms with Crippen molar-refractivity contribution in [2.75, 3.05) is 50.1 Å². The zero-order chi connectivity index (χ0) is 40.6. The van der Waals surface area contributed by atoms with Crippen LogP contribution in [0.5, 0.6) is 11.8 Å². The number of hydrogen-bond acceptors (Lipinski definition) is 12. The molecule has 0 saturated carbocycles. The molecule has 0 bridgehead atoms. The maximum atomic E-state index is 17.5. The Bertz CT molecular complexity index is 2280. The number of benzene rings is 1. The van der Waals surface area contributed by atoms with Crippen LogP contribution in [0, 0.1) is 23.1 Å². The lowest BCUT2D eigenvalue weighted by atomic mass is 9.76. The van der Waals surface area contributed by atoms with Crippen LogP contribution < -0.4 is 25.8 Å². The molecule has 21 heteroatoms. The number of aromatic nitrogens is 3. The highest BCUT2D eigenvalue weighted by atomic mass is 32.2. The van der Waals surface area contributed by atoms with E-state index in [1.807, 2.05) is 11.0 Å². The van der Waals surface area contributed by atoms with Crippen LogP contribution in [0.1, 0.15) is 47.9 Å². The average molecular weight is 827 g/mol. The van der Waals surface area contributed by atoms with E-state index in [0.717, 1.165) is 23.5 Å². The molecule has 5 aliphatic rings. The largest absolute Gasteiger partial charge is 0.522 e. The first-order chi connectivity index (χ1) is 27.0. The molecule has 0 radical (unpaired) electrons. The van der Waals surface area contributed by atoms with E-state index in [2.05, 4.69) is 19.7 Å². The maximum Gasteiger partial charge on any atom is 0.522 e. The third-order valence-corrected chi connectivity index (χ3v) is 12.1. The number of alkyl halides is 7. The lowest BCUT2D eigenvalue weighted by molar-refractivity contribution is -0.326. The molecule has 0 amide bonds. The summed E-state index contributed by atoms with van der Waals surface area (Å²) in [5.41, 5.74) is 7.55. The van der Waals surface area contributed by atoms with Crippen LogP contribution in [0.25, 0.3) is 10.9 Å². The van der Waals surface area contributed by atoms with E-state index in [4.69, 9.17) is 20.9 Å². The van der Waals surface area contributed by atoms with Crippen molar-refractivity contribution in [3.05, 3.63) is 74.3 Å². The fourth-order valence-corrected chi connectivity index (χ4v) is 9.74. The maximum absolute atomic E-state index is 17.5. The summed E-state index contributed by atoms with van der Waals surface area (Å²) < 4.78 is 151. The summed E-state index contributed by atoms with van der Waals surface area (Å²) in [4.78, 5) is 15.5. The summed E-state index contributed by atoms with van der Waals surface area (Å²) in [6, 6.07) is 2.40. The Balaban J connectivity index is 1.38. The first-order valence-corrected chi connectivity index (χ1v) is 18.4. The first-order valence-electron chi connectivity index (χ1n) is 17.6. The van der Waals surface area contributed by atoms with Crippen LogP contribution in [0.15, 0.2) is 51.8 Å². The fraction of sp³-hybridized carbons (Fsp3) is 0.444. The van der Waals surface area contributed by atoms with Gasteiger partial charge in [0.15, 0.2) is 5.82 Å². The molecule has 1 aliphatic carbocycles. The SMILES string of the molecule is N#CC1=C(N)SC2=C(F)C=CC(c3c(C(F)(F)F)c4c5c(nc(OC[C@@]67CCCN6C[C@H](F)C7)nc5c3F)N([C@H](COC(F)(F)F)c3cccnc3N)CCO4)C12. The van der Waals surface area contributed by atoms with E-state index in [9.17, 15) is 22.8 Å². The molecule has 2 aromatic heterocycles. The van der Waals surface area contributed by atoms with Gasteiger partial charge >= 0.3 is 18.5 Å². The summed E-state index contributed by atoms with van der Waals surface area (Å²) in [5.74, 6) is -7.29. The number of rotatable bonds is 8. The van der Waals surface area contributed by atoms with Gasteiger partial charge in [0.05, 0.1) is 46.8 Å². The Morgan fingerprint density at radius 3 is 2.65 bits per heavy atom. The average Bonchev–Trinajstić information content (AvgIpc) is 3.75. The quantitative estimate of drug-likeness (QED) is 0.224. The lowest BCUT2D eigenvalue weighted by Gasteiger charge is -2.34. The van der Waals surface area contributed by atoms with Crippen LogP contribution in [0.3, 0.4) is 0 Å². The van der Waals surface area contributed by atoms with E-state index >= 15 is 22.0 Å². The number of nitrogens with two attached hydrogens (primary N) is 2. The predicted octanol–water partition coefficient (Wildman–Crippen LogP) is 7.09. The van der Waals surface area contributed by atoms with Gasteiger partial charge in [-0.2, -0.15) is 28.4 Å². The summed E-state index contributed by atoms with van der Waals surface area (Å²) >= 11 is 0.638. The standard InChI is InChI=1S/C36H31F9N8O3S/c37-16-11-34(6-2-8-52(34)13-16)15-55-33-50-27-24-28(54-10-9-53(32(24)51-33)21(14-56-36(43,44)45)17-3-1-7-49-30(17)47)25(35(40,41)42)23(26(27)39)18-4-5-20(38)29-22(18)19(12-46)31(48)57-29/h1,3-5,7,16,18,21-22H,2,6,8-11,13-15,48H2,(H2,47,49)/t16-,18?,21-,22?,34+/m1/s1. The highest BCUT2D eigenvalue weighted by Gasteiger charge is 2.51. The monoisotopic (exact) mass is 826 g/mol. The Labute approximate surface area is 322 Å². The van der Waals surface area contributed by atoms with Gasteiger partial charge in [-0.05, 0) is 31.5 Å². The Morgan fingerprint density at radius 1 is 1.14 bits per heavy atom.